The molecule has 5 nitrogen and oxygen atoms in total. The van der Waals surface area contributed by atoms with Crippen LogP contribution in [0, 0.1) is 0 Å². The van der Waals surface area contributed by atoms with E-state index in [1.54, 1.807) is 18.3 Å². The molecule has 0 aliphatic heterocycles. The number of hydrogen-bond donors (Lipinski definition) is 2. The van der Waals surface area contributed by atoms with Crippen molar-refractivity contribution in [3.05, 3.63) is 83.7 Å². The number of phenols is 1. The molecule has 0 saturated heterocycles. The largest absolute Gasteiger partial charge is 0.508 e. The Morgan fingerprint density at radius 1 is 1.08 bits per heavy atom. The van der Waals surface area contributed by atoms with Crippen LogP contribution in [-0.2, 0) is 16.9 Å². The van der Waals surface area contributed by atoms with Crippen LogP contribution in [0.4, 0.5) is 0 Å². The van der Waals surface area contributed by atoms with Crippen LogP contribution in [0.5, 0.6) is 5.75 Å². The maximum Gasteiger partial charge on any atom is 0.132 e. The molecule has 0 amide bonds. The van der Waals surface area contributed by atoms with Gasteiger partial charge in [0.1, 0.15) is 11.4 Å². The molecule has 2 aromatic carbocycles. The number of aromatic hydroxyl groups is 1. The lowest BCUT2D eigenvalue weighted by Crippen LogP contribution is -2.32. The lowest BCUT2D eigenvalue weighted by Gasteiger charge is -2.30. The SMILES string of the molecule is CN(CCOC(C)(c1ccc(O)cc1)c1ccn[nH]1)Cc1ccccc1. The van der Waals surface area contributed by atoms with Gasteiger partial charge in [-0.15, -0.1) is 0 Å². The molecule has 0 fully saturated rings. The molecule has 0 aliphatic rings. The molecule has 0 aliphatic carbocycles. The van der Waals surface area contributed by atoms with E-state index in [1.807, 2.05) is 31.2 Å². The molecule has 1 atom stereocenters. The minimum atomic E-state index is -0.655. The van der Waals surface area contributed by atoms with Gasteiger partial charge in [0.15, 0.2) is 0 Å². The smallest absolute Gasteiger partial charge is 0.132 e. The van der Waals surface area contributed by atoms with Crippen LogP contribution in [-0.4, -0.2) is 40.4 Å². The molecule has 2 N–H and O–H groups in total. The highest BCUT2D eigenvalue weighted by atomic mass is 16.5. The number of likely N-dealkylation sites (N-methyl/N-ethyl adjacent to an activating group) is 1. The Bertz CT molecular complexity index is 788. The Morgan fingerprint density at radius 2 is 1.81 bits per heavy atom. The number of aromatic amines is 1. The highest BCUT2D eigenvalue weighted by Crippen LogP contribution is 2.32. The lowest BCUT2D eigenvalue weighted by molar-refractivity contribution is -0.0157. The molecular formula is C21H25N3O2. The monoisotopic (exact) mass is 351 g/mol. The fourth-order valence-electron chi connectivity index (χ4n) is 3.00. The topological polar surface area (TPSA) is 61.4 Å². The Balaban J connectivity index is 1.66. The van der Waals surface area contributed by atoms with Crippen molar-refractivity contribution < 1.29 is 9.84 Å². The summed E-state index contributed by atoms with van der Waals surface area (Å²) in [5.41, 5.74) is 2.47. The number of hydrogen-bond acceptors (Lipinski definition) is 4. The summed E-state index contributed by atoms with van der Waals surface area (Å²) >= 11 is 0. The first-order chi connectivity index (χ1) is 12.6. The Kier molecular flexibility index (Phi) is 5.71. The van der Waals surface area contributed by atoms with E-state index in [-0.39, 0.29) is 5.75 Å². The molecular weight excluding hydrogens is 326 g/mol. The predicted molar refractivity (Wildman–Crippen MR) is 102 cm³/mol. The van der Waals surface area contributed by atoms with Gasteiger partial charge in [-0.2, -0.15) is 5.10 Å². The van der Waals surface area contributed by atoms with Crippen molar-refractivity contribution in [1.29, 1.82) is 0 Å². The third-order valence-corrected chi connectivity index (χ3v) is 4.59. The van der Waals surface area contributed by atoms with Crippen molar-refractivity contribution in [1.82, 2.24) is 15.1 Å². The molecule has 0 saturated carbocycles. The van der Waals surface area contributed by atoms with E-state index in [1.165, 1.54) is 5.56 Å². The van der Waals surface area contributed by atoms with Crippen molar-refractivity contribution in [2.75, 3.05) is 20.2 Å². The molecule has 1 aromatic heterocycles. The van der Waals surface area contributed by atoms with Gasteiger partial charge in [-0.3, -0.25) is 10.00 Å². The summed E-state index contributed by atoms with van der Waals surface area (Å²) in [7, 11) is 2.09. The van der Waals surface area contributed by atoms with E-state index in [9.17, 15) is 5.11 Å². The molecule has 0 bridgehead atoms. The normalized spacial score (nSPS) is 13.7. The van der Waals surface area contributed by atoms with E-state index in [0.29, 0.717) is 6.61 Å². The molecule has 0 spiro atoms. The average molecular weight is 351 g/mol. The molecule has 1 unspecified atom stereocenters. The summed E-state index contributed by atoms with van der Waals surface area (Å²) < 4.78 is 6.31. The number of rotatable bonds is 8. The maximum absolute atomic E-state index is 9.57. The summed E-state index contributed by atoms with van der Waals surface area (Å²) in [5.74, 6) is 0.239. The van der Waals surface area contributed by atoms with Crippen LogP contribution >= 0.6 is 0 Å². The first-order valence-corrected chi connectivity index (χ1v) is 8.74. The number of benzene rings is 2. The minimum absolute atomic E-state index is 0.239. The van der Waals surface area contributed by atoms with Crippen molar-refractivity contribution in [3.63, 3.8) is 0 Å². The zero-order valence-corrected chi connectivity index (χ0v) is 15.2. The van der Waals surface area contributed by atoms with Gasteiger partial charge in [0.25, 0.3) is 0 Å². The summed E-state index contributed by atoms with van der Waals surface area (Å²) in [6.07, 6.45) is 1.72. The fraction of sp³-hybridized carbons (Fsp3) is 0.286. The second kappa shape index (κ2) is 8.17. The highest BCUT2D eigenvalue weighted by molar-refractivity contribution is 5.35. The molecule has 26 heavy (non-hydrogen) atoms. The molecule has 0 radical (unpaired) electrons. The van der Waals surface area contributed by atoms with Crippen molar-refractivity contribution in [2.24, 2.45) is 0 Å². The van der Waals surface area contributed by atoms with E-state index in [4.69, 9.17) is 4.74 Å². The van der Waals surface area contributed by atoms with Gasteiger partial charge < -0.3 is 9.84 Å². The number of nitrogens with zero attached hydrogens (tertiary/aromatic N) is 2. The number of phenolic OH excluding ortho intramolecular Hbond substituents is 1. The van der Waals surface area contributed by atoms with E-state index in [0.717, 1.165) is 24.3 Å². The highest BCUT2D eigenvalue weighted by Gasteiger charge is 2.31. The summed E-state index contributed by atoms with van der Waals surface area (Å²) in [5, 5.41) is 16.7. The molecule has 3 rings (SSSR count). The number of ether oxygens (including phenoxy) is 1. The summed E-state index contributed by atoms with van der Waals surface area (Å²) in [6, 6.07) is 19.4. The number of H-pyrrole nitrogens is 1. The zero-order valence-electron chi connectivity index (χ0n) is 15.2. The van der Waals surface area contributed by atoms with E-state index < -0.39 is 5.60 Å². The van der Waals surface area contributed by atoms with Gasteiger partial charge >= 0.3 is 0 Å². The van der Waals surface area contributed by atoms with Crippen LogP contribution in [0.1, 0.15) is 23.7 Å². The Morgan fingerprint density at radius 3 is 2.46 bits per heavy atom. The van der Waals surface area contributed by atoms with Crippen LogP contribution in [0.15, 0.2) is 66.9 Å². The number of aromatic nitrogens is 2. The second-order valence-corrected chi connectivity index (χ2v) is 6.62. The molecule has 1 heterocycles. The maximum atomic E-state index is 9.57. The first kappa shape index (κ1) is 18.2. The van der Waals surface area contributed by atoms with Gasteiger partial charge in [-0.05, 0) is 43.3 Å². The van der Waals surface area contributed by atoms with Crippen molar-refractivity contribution in [3.8, 4) is 5.75 Å². The standard InChI is InChI=1S/C21H25N3O2/c1-21(20-12-13-22-23-20,18-8-10-19(25)11-9-18)26-15-14-24(2)16-17-6-4-3-5-7-17/h3-13,25H,14-16H2,1-2H3,(H,22,23). The molecule has 136 valence electrons. The van der Waals surface area contributed by atoms with Crippen LogP contribution in [0.25, 0.3) is 0 Å². The van der Waals surface area contributed by atoms with Gasteiger partial charge in [0.2, 0.25) is 0 Å². The summed E-state index contributed by atoms with van der Waals surface area (Å²) in [4.78, 5) is 2.24. The van der Waals surface area contributed by atoms with Gasteiger partial charge in [0, 0.05) is 19.3 Å². The second-order valence-electron chi connectivity index (χ2n) is 6.62. The first-order valence-electron chi connectivity index (χ1n) is 8.74. The Hall–Kier alpha value is -2.63. The summed E-state index contributed by atoms with van der Waals surface area (Å²) in [6.45, 7) is 4.27. The van der Waals surface area contributed by atoms with Crippen LogP contribution in [0.2, 0.25) is 0 Å². The number of nitrogens with one attached hydrogen (secondary N) is 1. The van der Waals surface area contributed by atoms with Crippen molar-refractivity contribution in [2.45, 2.75) is 19.1 Å². The minimum Gasteiger partial charge on any atom is -0.508 e. The third kappa shape index (κ3) is 4.31. The van der Waals surface area contributed by atoms with Crippen LogP contribution in [0.3, 0.4) is 0 Å². The average Bonchev–Trinajstić information content (AvgIpc) is 3.18. The lowest BCUT2D eigenvalue weighted by atomic mass is 9.92. The zero-order chi connectivity index (χ0) is 18.4. The van der Waals surface area contributed by atoms with Crippen molar-refractivity contribution >= 4 is 0 Å². The van der Waals surface area contributed by atoms with Gasteiger partial charge in [-0.25, -0.2) is 0 Å². The fourth-order valence-corrected chi connectivity index (χ4v) is 3.00. The Labute approximate surface area is 154 Å². The van der Waals surface area contributed by atoms with E-state index >= 15 is 0 Å². The van der Waals surface area contributed by atoms with E-state index in [2.05, 4.69) is 46.4 Å². The van der Waals surface area contributed by atoms with Crippen LogP contribution < -0.4 is 0 Å². The quantitative estimate of drug-likeness (QED) is 0.652. The van der Waals surface area contributed by atoms with Gasteiger partial charge in [-0.1, -0.05) is 42.5 Å². The predicted octanol–water partition coefficient (Wildman–Crippen LogP) is 3.53. The van der Waals surface area contributed by atoms with Gasteiger partial charge in [0.05, 0.1) is 12.3 Å². The molecule has 5 heteroatoms. The molecule has 3 aromatic rings. The third-order valence-electron chi connectivity index (χ3n) is 4.59.